The number of hydrogen-bond acceptors (Lipinski definition) is 2. The molecule has 0 spiro atoms. The number of likely N-dealkylation sites (tertiary alicyclic amines) is 1. The lowest BCUT2D eigenvalue weighted by Gasteiger charge is -2.36. The van der Waals surface area contributed by atoms with Crippen LogP contribution in [0.5, 0.6) is 0 Å². The summed E-state index contributed by atoms with van der Waals surface area (Å²) in [6, 6.07) is 1.38. The Morgan fingerprint density at radius 3 is 2.16 bits per heavy atom. The van der Waals surface area contributed by atoms with Crippen LogP contribution < -0.4 is 5.32 Å². The molecule has 1 aliphatic heterocycles. The molecule has 3 nitrogen and oxygen atoms in total. The van der Waals surface area contributed by atoms with E-state index in [2.05, 4.69) is 12.2 Å². The second-order valence-corrected chi connectivity index (χ2v) is 6.45. The minimum Gasteiger partial charge on any atom is -0.343 e. The molecule has 0 aromatic heterocycles. The fourth-order valence-corrected chi connectivity index (χ4v) is 3.72. The van der Waals surface area contributed by atoms with Gasteiger partial charge in [0.2, 0.25) is 5.91 Å². The van der Waals surface area contributed by atoms with Gasteiger partial charge in [-0.3, -0.25) is 4.79 Å². The number of hydrogen-bond donors (Lipinski definition) is 1. The van der Waals surface area contributed by atoms with E-state index in [0.29, 0.717) is 6.04 Å². The molecule has 1 amide bonds. The van der Waals surface area contributed by atoms with Gasteiger partial charge in [0.05, 0.1) is 0 Å². The van der Waals surface area contributed by atoms with E-state index in [0.717, 1.165) is 37.9 Å². The maximum absolute atomic E-state index is 11.3. The highest BCUT2D eigenvalue weighted by molar-refractivity contribution is 5.73. The Bertz CT molecular complexity index is 276. The second kappa shape index (κ2) is 7.28. The second-order valence-electron chi connectivity index (χ2n) is 6.45. The molecule has 0 aromatic rings. The highest BCUT2D eigenvalue weighted by Gasteiger charge is 2.25. The van der Waals surface area contributed by atoms with Gasteiger partial charge in [-0.15, -0.1) is 0 Å². The van der Waals surface area contributed by atoms with Crippen molar-refractivity contribution in [2.45, 2.75) is 77.3 Å². The Hall–Kier alpha value is -0.570. The molecule has 0 unspecified atom stereocenters. The Morgan fingerprint density at radius 2 is 1.63 bits per heavy atom. The quantitative estimate of drug-likeness (QED) is 0.848. The molecule has 19 heavy (non-hydrogen) atoms. The van der Waals surface area contributed by atoms with E-state index in [-0.39, 0.29) is 5.91 Å². The third kappa shape index (κ3) is 4.48. The summed E-state index contributed by atoms with van der Waals surface area (Å²) in [6.45, 7) is 5.87. The van der Waals surface area contributed by atoms with E-state index in [9.17, 15) is 4.79 Å². The highest BCUT2D eigenvalue weighted by Crippen LogP contribution is 2.28. The highest BCUT2D eigenvalue weighted by atomic mass is 16.2. The molecule has 0 aromatic carbocycles. The van der Waals surface area contributed by atoms with Crippen LogP contribution in [0.4, 0.5) is 0 Å². The molecule has 0 bridgehead atoms. The zero-order valence-electron chi connectivity index (χ0n) is 12.7. The van der Waals surface area contributed by atoms with Gasteiger partial charge in [0, 0.05) is 32.1 Å². The molecular weight excluding hydrogens is 236 g/mol. The number of rotatable bonds is 4. The van der Waals surface area contributed by atoms with E-state index in [1.807, 2.05) is 4.90 Å². The summed E-state index contributed by atoms with van der Waals surface area (Å²) in [7, 11) is 0. The summed E-state index contributed by atoms with van der Waals surface area (Å²) in [5.41, 5.74) is 0. The van der Waals surface area contributed by atoms with E-state index < -0.39 is 0 Å². The van der Waals surface area contributed by atoms with Crippen molar-refractivity contribution in [3.05, 3.63) is 0 Å². The molecule has 0 radical (unpaired) electrons. The van der Waals surface area contributed by atoms with Gasteiger partial charge in [0.1, 0.15) is 0 Å². The van der Waals surface area contributed by atoms with E-state index in [4.69, 9.17) is 0 Å². The first-order chi connectivity index (χ1) is 9.19. The van der Waals surface area contributed by atoms with Gasteiger partial charge in [-0.05, 0) is 44.4 Å². The molecule has 3 heteroatoms. The Morgan fingerprint density at radius 1 is 1.05 bits per heavy atom. The fraction of sp³-hybridized carbons (Fsp3) is 0.938. The van der Waals surface area contributed by atoms with Gasteiger partial charge < -0.3 is 10.2 Å². The molecule has 110 valence electrons. The third-order valence-electron chi connectivity index (χ3n) is 4.96. The average molecular weight is 266 g/mol. The average Bonchev–Trinajstić information content (AvgIpc) is 2.42. The molecule has 1 heterocycles. The maximum Gasteiger partial charge on any atom is 0.219 e. The van der Waals surface area contributed by atoms with Crippen LogP contribution in [0.1, 0.15) is 65.2 Å². The minimum absolute atomic E-state index is 0.235. The van der Waals surface area contributed by atoms with Crippen LogP contribution >= 0.6 is 0 Å². The van der Waals surface area contributed by atoms with Crippen LogP contribution in [0.3, 0.4) is 0 Å². The van der Waals surface area contributed by atoms with Gasteiger partial charge in [0.25, 0.3) is 0 Å². The third-order valence-corrected chi connectivity index (χ3v) is 4.96. The van der Waals surface area contributed by atoms with E-state index in [1.54, 1.807) is 6.92 Å². The van der Waals surface area contributed by atoms with E-state index in [1.165, 1.54) is 38.5 Å². The monoisotopic (exact) mass is 266 g/mol. The van der Waals surface area contributed by atoms with E-state index >= 15 is 0 Å². The smallest absolute Gasteiger partial charge is 0.219 e. The van der Waals surface area contributed by atoms with Crippen LogP contribution in [0.15, 0.2) is 0 Å². The van der Waals surface area contributed by atoms with Crippen molar-refractivity contribution in [2.24, 2.45) is 5.92 Å². The van der Waals surface area contributed by atoms with Crippen LogP contribution in [0.2, 0.25) is 0 Å². The number of carbonyl (C=O) groups excluding carboxylic acids is 1. The molecule has 0 atom stereocenters. The minimum atomic E-state index is 0.235. The maximum atomic E-state index is 11.3. The zero-order chi connectivity index (χ0) is 13.7. The Labute approximate surface area is 118 Å². The first kappa shape index (κ1) is 14.8. The van der Waals surface area contributed by atoms with Crippen LogP contribution in [-0.2, 0) is 4.79 Å². The molecule has 1 aliphatic carbocycles. The van der Waals surface area contributed by atoms with Crippen LogP contribution in [0, 0.1) is 5.92 Å². The zero-order valence-corrected chi connectivity index (χ0v) is 12.7. The van der Waals surface area contributed by atoms with Crippen molar-refractivity contribution in [3.8, 4) is 0 Å². The van der Waals surface area contributed by atoms with Crippen LogP contribution in [0.25, 0.3) is 0 Å². The lowest BCUT2D eigenvalue weighted by Crippen LogP contribution is -2.48. The number of nitrogens with one attached hydrogen (secondary N) is 1. The summed E-state index contributed by atoms with van der Waals surface area (Å²) in [4.78, 5) is 13.3. The van der Waals surface area contributed by atoms with Gasteiger partial charge >= 0.3 is 0 Å². The molecule has 2 aliphatic rings. The predicted molar refractivity (Wildman–Crippen MR) is 79.1 cm³/mol. The topological polar surface area (TPSA) is 32.3 Å². The van der Waals surface area contributed by atoms with Gasteiger partial charge in [0.15, 0.2) is 0 Å². The van der Waals surface area contributed by atoms with Gasteiger partial charge in [-0.25, -0.2) is 0 Å². The molecular formula is C16H30N2O. The summed E-state index contributed by atoms with van der Waals surface area (Å²) in [6.07, 6.45) is 10.6. The standard InChI is InChI=1S/C16H30N2O/c1-3-4-14-5-7-15(8-6-14)17-16-9-11-18(12-10-16)13(2)19/h14-17H,3-12H2,1-2H3. The van der Waals surface area contributed by atoms with Crippen molar-refractivity contribution in [1.29, 1.82) is 0 Å². The molecule has 1 saturated carbocycles. The number of carbonyl (C=O) groups is 1. The molecule has 1 N–H and O–H groups in total. The fourth-order valence-electron chi connectivity index (χ4n) is 3.72. The molecule has 1 saturated heterocycles. The number of piperidine rings is 1. The van der Waals surface area contributed by atoms with Crippen molar-refractivity contribution >= 4 is 5.91 Å². The summed E-state index contributed by atoms with van der Waals surface area (Å²) in [5, 5.41) is 3.84. The Kier molecular flexibility index (Phi) is 5.68. The lowest BCUT2D eigenvalue weighted by molar-refractivity contribution is -0.129. The van der Waals surface area contributed by atoms with Gasteiger partial charge in [-0.1, -0.05) is 19.8 Å². The first-order valence-electron chi connectivity index (χ1n) is 8.20. The van der Waals surface area contributed by atoms with Crippen molar-refractivity contribution < 1.29 is 4.79 Å². The normalized spacial score (nSPS) is 29.5. The van der Waals surface area contributed by atoms with Crippen LogP contribution in [-0.4, -0.2) is 36.0 Å². The van der Waals surface area contributed by atoms with Crippen molar-refractivity contribution in [2.75, 3.05) is 13.1 Å². The van der Waals surface area contributed by atoms with Crippen molar-refractivity contribution in [1.82, 2.24) is 10.2 Å². The molecule has 2 fully saturated rings. The predicted octanol–water partition coefficient (Wildman–Crippen LogP) is 2.95. The molecule has 2 rings (SSSR count). The first-order valence-corrected chi connectivity index (χ1v) is 8.20. The SMILES string of the molecule is CCCC1CCC(NC2CCN(C(C)=O)CC2)CC1. The summed E-state index contributed by atoms with van der Waals surface area (Å²) < 4.78 is 0. The van der Waals surface area contributed by atoms with Gasteiger partial charge in [-0.2, -0.15) is 0 Å². The summed E-state index contributed by atoms with van der Waals surface area (Å²) >= 11 is 0. The largest absolute Gasteiger partial charge is 0.343 e. The summed E-state index contributed by atoms with van der Waals surface area (Å²) in [5.74, 6) is 1.22. The Balaban J connectivity index is 1.65. The van der Waals surface area contributed by atoms with Crippen molar-refractivity contribution in [3.63, 3.8) is 0 Å². The number of amides is 1. The lowest BCUT2D eigenvalue weighted by atomic mass is 9.83. The number of nitrogens with zero attached hydrogens (tertiary/aromatic N) is 1.